The number of carbonyl (C=O) groups excluding carboxylic acids is 1. The molecule has 0 aliphatic heterocycles. The Hall–Kier alpha value is -2.58. The summed E-state index contributed by atoms with van der Waals surface area (Å²) < 4.78 is 0. The smallest absolute Gasteiger partial charge is 0.227 e. The van der Waals surface area contributed by atoms with Crippen LogP contribution in [-0.2, 0) is 4.79 Å². The molecule has 110 valence electrons. The number of amides is 1. The molecule has 0 spiro atoms. The highest BCUT2D eigenvalue weighted by Crippen LogP contribution is 2.30. The third-order valence-corrected chi connectivity index (χ3v) is 3.63. The average molecular weight is 313 g/mol. The van der Waals surface area contributed by atoms with Crippen molar-refractivity contribution in [3.05, 3.63) is 47.1 Å². The largest absolute Gasteiger partial charge is 0.340 e. The van der Waals surface area contributed by atoms with Gasteiger partial charge in [-0.15, -0.1) is 0 Å². The summed E-state index contributed by atoms with van der Waals surface area (Å²) in [7, 11) is 0. The number of nitrogens with one attached hydrogen (secondary N) is 2. The van der Waals surface area contributed by atoms with E-state index in [-0.39, 0.29) is 17.5 Å². The molecular formula is C16H13ClN4O. The van der Waals surface area contributed by atoms with Gasteiger partial charge in [-0.25, -0.2) is 4.98 Å². The van der Waals surface area contributed by atoms with Crippen LogP contribution in [0.25, 0.3) is 0 Å². The van der Waals surface area contributed by atoms with Crippen molar-refractivity contribution >= 4 is 34.7 Å². The molecule has 0 radical (unpaired) electrons. The van der Waals surface area contributed by atoms with Crippen LogP contribution in [0.5, 0.6) is 0 Å². The first-order valence-corrected chi connectivity index (χ1v) is 7.28. The second kappa shape index (κ2) is 6.04. The SMILES string of the molecule is N#Cc1nc(Nc2ccc(NC(=O)C3CC3)cc2)ccc1Cl. The van der Waals surface area contributed by atoms with E-state index in [0.29, 0.717) is 10.8 Å². The molecule has 3 rings (SSSR count). The number of rotatable bonds is 4. The maximum absolute atomic E-state index is 11.7. The summed E-state index contributed by atoms with van der Waals surface area (Å²) in [5, 5.41) is 15.2. The van der Waals surface area contributed by atoms with Crippen LogP contribution in [0, 0.1) is 17.2 Å². The lowest BCUT2D eigenvalue weighted by Gasteiger charge is -2.08. The van der Waals surface area contributed by atoms with E-state index in [1.165, 1.54) is 0 Å². The summed E-state index contributed by atoms with van der Waals surface area (Å²) in [4.78, 5) is 15.8. The van der Waals surface area contributed by atoms with Crippen molar-refractivity contribution in [3.63, 3.8) is 0 Å². The van der Waals surface area contributed by atoms with Crippen molar-refractivity contribution in [2.45, 2.75) is 12.8 Å². The van der Waals surface area contributed by atoms with Gasteiger partial charge in [-0.3, -0.25) is 4.79 Å². The lowest BCUT2D eigenvalue weighted by Crippen LogP contribution is -2.13. The Morgan fingerprint density at radius 3 is 2.50 bits per heavy atom. The minimum absolute atomic E-state index is 0.0822. The van der Waals surface area contributed by atoms with Crippen molar-refractivity contribution < 1.29 is 4.79 Å². The topological polar surface area (TPSA) is 77.8 Å². The van der Waals surface area contributed by atoms with E-state index < -0.39 is 0 Å². The van der Waals surface area contributed by atoms with Crippen LogP contribution in [-0.4, -0.2) is 10.9 Å². The summed E-state index contributed by atoms with van der Waals surface area (Å²) in [5.41, 5.74) is 1.76. The molecule has 2 N–H and O–H groups in total. The van der Waals surface area contributed by atoms with Gasteiger partial charge >= 0.3 is 0 Å². The molecule has 22 heavy (non-hydrogen) atoms. The molecule has 1 amide bonds. The van der Waals surface area contributed by atoms with Crippen LogP contribution in [0.15, 0.2) is 36.4 Å². The van der Waals surface area contributed by atoms with E-state index >= 15 is 0 Å². The summed E-state index contributed by atoms with van der Waals surface area (Å²) in [5.74, 6) is 0.801. The molecule has 6 heteroatoms. The molecule has 1 aliphatic rings. The number of hydrogen-bond donors (Lipinski definition) is 2. The molecule has 0 unspecified atom stereocenters. The standard InChI is InChI=1S/C16H13ClN4O/c17-13-7-8-15(21-14(13)9-18)19-11-3-5-12(6-4-11)20-16(22)10-1-2-10/h3-8,10H,1-2H2,(H,19,21)(H,20,22). The summed E-state index contributed by atoms with van der Waals surface area (Å²) in [6, 6.07) is 12.6. The van der Waals surface area contributed by atoms with Crippen LogP contribution in [0.3, 0.4) is 0 Å². The van der Waals surface area contributed by atoms with E-state index in [4.69, 9.17) is 16.9 Å². The summed E-state index contributed by atoms with van der Waals surface area (Å²) in [6.45, 7) is 0. The van der Waals surface area contributed by atoms with Gasteiger partial charge < -0.3 is 10.6 Å². The molecule has 1 heterocycles. The molecule has 0 bridgehead atoms. The van der Waals surface area contributed by atoms with Gasteiger partial charge in [0, 0.05) is 17.3 Å². The van der Waals surface area contributed by atoms with Crippen molar-refractivity contribution in [2.75, 3.05) is 10.6 Å². The van der Waals surface area contributed by atoms with Crippen molar-refractivity contribution in [1.82, 2.24) is 4.98 Å². The predicted octanol–water partition coefficient (Wildman–Crippen LogP) is 3.70. The highest BCUT2D eigenvalue weighted by Gasteiger charge is 2.29. The number of hydrogen-bond acceptors (Lipinski definition) is 4. The number of anilines is 3. The minimum atomic E-state index is 0.0822. The Kier molecular flexibility index (Phi) is 3.94. The highest BCUT2D eigenvalue weighted by molar-refractivity contribution is 6.31. The van der Waals surface area contributed by atoms with Crippen LogP contribution in [0.4, 0.5) is 17.2 Å². The van der Waals surface area contributed by atoms with E-state index in [9.17, 15) is 4.79 Å². The third-order valence-electron chi connectivity index (χ3n) is 3.32. The van der Waals surface area contributed by atoms with Crippen LogP contribution in [0.1, 0.15) is 18.5 Å². The molecule has 1 fully saturated rings. The molecule has 0 saturated heterocycles. The quantitative estimate of drug-likeness (QED) is 0.902. The van der Waals surface area contributed by atoms with Crippen molar-refractivity contribution in [1.29, 1.82) is 5.26 Å². The zero-order chi connectivity index (χ0) is 15.5. The maximum Gasteiger partial charge on any atom is 0.227 e. The van der Waals surface area contributed by atoms with Gasteiger partial charge in [0.25, 0.3) is 0 Å². The van der Waals surface area contributed by atoms with E-state index in [1.807, 2.05) is 30.3 Å². The van der Waals surface area contributed by atoms with Crippen LogP contribution in [0.2, 0.25) is 5.02 Å². The average Bonchev–Trinajstić information content (AvgIpc) is 3.36. The summed E-state index contributed by atoms with van der Waals surface area (Å²) in [6.07, 6.45) is 1.96. The molecule has 1 aromatic carbocycles. The minimum Gasteiger partial charge on any atom is -0.340 e. The fraction of sp³-hybridized carbons (Fsp3) is 0.188. The first kappa shape index (κ1) is 14.4. The lowest BCUT2D eigenvalue weighted by atomic mass is 10.2. The van der Waals surface area contributed by atoms with Crippen molar-refractivity contribution in [3.8, 4) is 6.07 Å². The van der Waals surface area contributed by atoms with Crippen molar-refractivity contribution in [2.24, 2.45) is 5.92 Å². The van der Waals surface area contributed by atoms with Gasteiger partial charge in [-0.2, -0.15) is 5.26 Å². The Balaban J connectivity index is 1.68. The van der Waals surface area contributed by atoms with Gasteiger partial charge in [0.1, 0.15) is 11.9 Å². The number of pyridine rings is 1. The molecular weight excluding hydrogens is 300 g/mol. The molecule has 1 saturated carbocycles. The number of halogens is 1. The number of nitriles is 1. The van der Waals surface area contributed by atoms with Gasteiger partial charge in [-0.05, 0) is 49.2 Å². The molecule has 2 aromatic rings. The number of carbonyl (C=O) groups is 1. The number of aromatic nitrogens is 1. The van der Waals surface area contributed by atoms with E-state index in [0.717, 1.165) is 24.2 Å². The zero-order valence-electron chi connectivity index (χ0n) is 11.6. The zero-order valence-corrected chi connectivity index (χ0v) is 12.4. The predicted molar refractivity (Wildman–Crippen MR) is 85.0 cm³/mol. The Morgan fingerprint density at radius 1 is 1.18 bits per heavy atom. The lowest BCUT2D eigenvalue weighted by molar-refractivity contribution is -0.117. The normalized spacial score (nSPS) is 13.3. The molecule has 0 atom stereocenters. The van der Waals surface area contributed by atoms with Gasteiger partial charge in [0.2, 0.25) is 5.91 Å². The van der Waals surface area contributed by atoms with Crippen LogP contribution >= 0.6 is 11.6 Å². The first-order chi connectivity index (χ1) is 10.7. The highest BCUT2D eigenvalue weighted by atomic mass is 35.5. The van der Waals surface area contributed by atoms with Crippen LogP contribution < -0.4 is 10.6 Å². The van der Waals surface area contributed by atoms with E-state index in [1.54, 1.807) is 12.1 Å². The van der Waals surface area contributed by atoms with Gasteiger partial charge in [0.15, 0.2) is 5.69 Å². The second-order valence-electron chi connectivity index (χ2n) is 5.10. The Morgan fingerprint density at radius 2 is 1.86 bits per heavy atom. The second-order valence-corrected chi connectivity index (χ2v) is 5.51. The Labute approximate surface area is 132 Å². The fourth-order valence-electron chi connectivity index (χ4n) is 1.96. The molecule has 1 aliphatic carbocycles. The van der Waals surface area contributed by atoms with Gasteiger partial charge in [-0.1, -0.05) is 11.6 Å². The molecule has 1 aromatic heterocycles. The number of nitrogens with zero attached hydrogens (tertiary/aromatic N) is 2. The Bertz CT molecular complexity index is 748. The number of benzene rings is 1. The van der Waals surface area contributed by atoms with E-state index in [2.05, 4.69) is 15.6 Å². The monoisotopic (exact) mass is 312 g/mol. The molecule has 5 nitrogen and oxygen atoms in total. The third kappa shape index (κ3) is 3.35. The van der Waals surface area contributed by atoms with Gasteiger partial charge in [0.05, 0.1) is 5.02 Å². The summed E-state index contributed by atoms with van der Waals surface area (Å²) >= 11 is 5.85. The fourth-order valence-corrected chi connectivity index (χ4v) is 2.11. The first-order valence-electron chi connectivity index (χ1n) is 6.90. The maximum atomic E-state index is 11.7.